The van der Waals surface area contributed by atoms with Crippen LogP contribution >= 0.6 is 0 Å². The molecule has 1 saturated heterocycles. The van der Waals surface area contributed by atoms with E-state index in [9.17, 15) is 20.0 Å². The van der Waals surface area contributed by atoms with Gasteiger partial charge in [-0.05, 0) is 54.4 Å². The number of rotatable bonds is 6. The number of Topliss-reactive ketones (excluding diaryl/α,β-unsaturated/α-hetero) is 1. The molecule has 0 aliphatic carbocycles. The number of hydrogen-bond acceptors (Lipinski definition) is 5. The van der Waals surface area contributed by atoms with Crippen molar-refractivity contribution in [2.45, 2.75) is 19.4 Å². The molecule has 0 bridgehead atoms. The van der Waals surface area contributed by atoms with Gasteiger partial charge in [-0.2, -0.15) is 5.26 Å². The highest BCUT2D eigenvalue weighted by Gasteiger charge is 2.47. The highest BCUT2D eigenvalue weighted by molar-refractivity contribution is 6.51. The third kappa shape index (κ3) is 3.89. The molecule has 1 aliphatic heterocycles. The van der Waals surface area contributed by atoms with Gasteiger partial charge in [-0.1, -0.05) is 37.3 Å². The van der Waals surface area contributed by atoms with Gasteiger partial charge in [0, 0.05) is 28.4 Å². The average Bonchev–Trinajstić information content (AvgIpc) is 3.46. The average molecular weight is 478 g/mol. The summed E-state index contributed by atoms with van der Waals surface area (Å²) in [5.74, 6) is -1.20. The zero-order valence-electron chi connectivity index (χ0n) is 19.6. The predicted octanol–water partition coefficient (Wildman–Crippen LogP) is 5.45. The highest BCUT2D eigenvalue weighted by Crippen LogP contribution is 2.43. The predicted molar refractivity (Wildman–Crippen MR) is 136 cm³/mol. The van der Waals surface area contributed by atoms with Gasteiger partial charge in [0.1, 0.15) is 11.5 Å². The summed E-state index contributed by atoms with van der Waals surface area (Å²) in [5, 5.41) is 21.4. The molecule has 4 aromatic rings. The second kappa shape index (κ2) is 9.43. The van der Waals surface area contributed by atoms with Crippen molar-refractivity contribution in [1.29, 1.82) is 5.26 Å². The molecule has 5 rings (SSSR count). The van der Waals surface area contributed by atoms with Crippen LogP contribution in [0, 0.1) is 11.3 Å². The van der Waals surface area contributed by atoms with Crippen molar-refractivity contribution in [2.24, 2.45) is 0 Å². The van der Waals surface area contributed by atoms with Crippen molar-refractivity contribution in [1.82, 2.24) is 4.98 Å². The summed E-state index contributed by atoms with van der Waals surface area (Å²) in [4.78, 5) is 31.3. The Bertz CT molecular complexity index is 1540. The number of aromatic nitrogens is 1. The number of H-pyrrole nitrogens is 1. The van der Waals surface area contributed by atoms with Gasteiger partial charge in [-0.3, -0.25) is 14.5 Å². The topological polar surface area (TPSA) is 106 Å². The largest absolute Gasteiger partial charge is 0.507 e. The van der Waals surface area contributed by atoms with Crippen LogP contribution in [-0.2, 0) is 9.59 Å². The standard InChI is InChI=1S/C29H23N3O4/c1-2-14-36-21-7-5-6-19(15-21)26-25(27(33)23-17-31-24-9-4-3-8-22(23)24)28(34)29(35)32(26)20-12-10-18(16-30)11-13-20/h3-13,15,17,26,31,33H,2,14H2,1H3/b27-25-. The normalized spacial score (nSPS) is 16.9. The lowest BCUT2D eigenvalue weighted by Gasteiger charge is -2.25. The fraction of sp³-hybridized carbons (Fsp3) is 0.138. The fourth-order valence-electron chi connectivity index (χ4n) is 4.52. The van der Waals surface area contributed by atoms with E-state index >= 15 is 0 Å². The van der Waals surface area contributed by atoms with Gasteiger partial charge in [0.2, 0.25) is 0 Å². The molecule has 1 aliphatic rings. The first-order valence-electron chi connectivity index (χ1n) is 11.6. The maximum absolute atomic E-state index is 13.4. The summed E-state index contributed by atoms with van der Waals surface area (Å²) < 4.78 is 5.80. The Balaban J connectivity index is 1.71. The first-order chi connectivity index (χ1) is 17.5. The number of nitrogens with one attached hydrogen (secondary N) is 1. The lowest BCUT2D eigenvalue weighted by molar-refractivity contribution is -0.132. The number of hydrogen-bond donors (Lipinski definition) is 2. The molecule has 0 spiro atoms. The summed E-state index contributed by atoms with van der Waals surface area (Å²) >= 11 is 0. The molecule has 1 unspecified atom stereocenters. The van der Waals surface area contributed by atoms with Crippen molar-refractivity contribution in [2.75, 3.05) is 11.5 Å². The van der Waals surface area contributed by atoms with Crippen LogP contribution in [0.3, 0.4) is 0 Å². The van der Waals surface area contributed by atoms with Gasteiger partial charge in [-0.15, -0.1) is 0 Å². The molecular weight excluding hydrogens is 454 g/mol. The second-order valence-electron chi connectivity index (χ2n) is 8.50. The number of aliphatic hydroxyl groups excluding tert-OH is 1. The molecule has 2 heterocycles. The van der Waals surface area contributed by atoms with Crippen LogP contribution in [0.15, 0.2) is 84.6 Å². The molecule has 0 radical (unpaired) electrons. The number of fused-ring (bicyclic) bond motifs is 1. The smallest absolute Gasteiger partial charge is 0.300 e. The van der Waals surface area contributed by atoms with Crippen molar-refractivity contribution in [3.63, 3.8) is 0 Å². The lowest BCUT2D eigenvalue weighted by Crippen LogP contribution is -2.29. The van der Waals surface area contributed by atoms with Gasteiger partial charge in [0.15, 0.2) is 0 Å². The monoisotopic (exact) mass is 477 g/mol. The summed E-state index contributed by atoms with van der Waals surface area (Å²) in [6.45, 7) is 2.53. The first kappa shape index (κ1) is 22.9. The Hall–Kier alpha value is -4.83. The van der Waals surface area contributed by atoms with E-state index in [0.717, 1.165) is 17.3 Å². The Morgan fingerprint density at radius 3 is 2.61 bits per heavy atom. The summed E-state index contributed by atoms with van der Waals surface area (Å²) in [6.07, 6.45) is 2.46. The van der Waals surface area contributed by atoms with Crippen LogP contribution < -0.4 is 9.64 Å². The molecule has 7 heteroatoms. The van der Waals surface area contributed by atoms with Gasteiger partial charge in [0.05, 0.1) is 29.9 Å². The third-order valence-electron chi connectivity index (χ3n) is 6.21. The molecule has 0 saturated carbocycles. The summed E-state index contributed by atoms with van der Waals surface area (Å²) in [7, 11) is 0. The van der Waals surface area contributed by atoms with E-state index in [2.05, 4.69) is 11.1 Å². The Morgan fingerprint density at radius 1 is 1.08 bits per heavy atom. The van der Waals surface area contributed by atoms with Crippen LogP contribution in [0.2, 0.25) is 0 Å². The van der Waals surface area contributed by atoms with E-state index in [1.165, 1.54) is 4.90 Å². The van der Waals surface area contributed by atoms with Gasteiger partial charge < -0.3 is 14.8 Å². The van der Waals surface area contributed by atoms with Crippen LogP contribution in [0.4, 0.5) is 5.69 Å². The summed E-state index contributed by atoms with van der Waals surface area (Å²) in [6, 6.07) is 22.2. The number of carbonyl (C=O) groups is 2. The second-order valence-corrected chi connectivity index (χ2v) is 8.50. The van der Waals surface area contributed by atoms with E-state index in [1.807, 2.05) is 37.3 Å². The molecule has 1 fully saturated rings. The highest BCUT2D eigenvalue weighted by atomic mass is 16.5. The minimum absolute atomic E-state index is 0.0123. The number of benzene rings is 3. The van der Waals surface area contributed by atoms with E-state index in [0.29, 0.717) is 34.7 Å². The van der Waals surface area contributed by atoms with Crippen LogP contribution in [0.1, 0.15) is 36.1 Å². The molecule has 178 valence electrons. The molecule has 2 N–H and O–H groups in total. The molecule has 1 aromatic heterocycles. The number of aromatic amines is 1. The molecule has 7 nitrogen and oxygen atoms in total. The number of para-hydroxylation sites is 1. The van der Waals surface area contributed by atoms with Crippen LogP contribution in [0.5, 0.6) is 5.75 Å². The zero-order valence-corrected chi connectivity index (χ0v) is 19.6. The third-order valence-corrected chi connectivity index (χ3v) is 6.21. The molecule has 36 heavy (non-hydrogen) atoms. The van der Waals surface area contributed by atoms with Crippen LogP contribution in [-0.4, -0.2) is 28.4 Å². The molecule has 3 aromatic carbocycles. The number of amides is 1. The number of aliphatic hydroxyl groups is 1. The number of nitriles is 1. The summed E-state index contributed by atoms with van der Waals surface area (Å²) in [5.41, 5.74) is 2.72. The van der Waals surface area contributed by atoms with Crippen LogP contribution in [0.25, 0.3) is 16.7 Å². The van der Waals surface area contributed by atoms with Gasteiger partial charge in [0.25, 0.3) is 11.7 Å². The Morgan fingerprint density at radius 2 is 1.86 bits per heavy atom. The SMILES string of the molecule is CCCOc1cccc(C2/C(=C(/O)c3c[nH]c4ccccc34)C(=O)C(=O)N2c2ccc(C#N)cc2)c1. The Labute approximate surface area is 207 Å². The van der Waals surface area contributed by atoms with Crippen molar-refractivity contribution in [3.8, 4) is 11.8 Å². The van der Waals surface area contributed by atoms with E-state index in [1.54, 1.807) is 48.7 Å². The van der Waals surface area contributed by atoms with Crippen molar-refractivity contribution in [3.05, 3.63) is 101 Å². The number of ether oxygens (including phenoxy) is 1. The van der Waals surface area contributed by atoms with Crippen molar-refractivity contribution < 1.29 is 19.4 Å². The van der Waals surface area contributed by atoms with E-state index in [4.69, 9.17) is 4.74 Å². The van der Waals surface area contributed by atoms with Gasteiger partial charge in [-0.25, -0.2) is 0 Å². The first-order valence-corrected chi connectivity index (χ1v) is 11.6. The quantitative estimate of drug-likeness (QED) is 0.218. The molecular formula is C29H23N3O4. The van der Waals surface area contributed by atoms with Crippen molar-refractivity contribution >= 4 is 34.0 Å². The number of nitrogens with zero attached hydrogens (tertiary/aromatic N) is 2. The number of ketones is 1. The molecule has 1 amide bonds. The minimum atomic E-state index is -0.892. The lowest BCUT2D eigenvalue weighted by atomic mass is 9.94. The zero-order chi connectivity index (χ0) is 25.2. The maximum Gasteiger partial charge on any atom is 0.300 e. The minimum Gasteiger partial charge on any atom is -0.507 e. The molecule has 1 atom stereocenters. The van der Waals surface area contributed by atoms with E-state index in [-0.39, 0.29) is 11.3 Å². The number of anilines is 1. The van der Waals surface area contributed by atoms with E-state index < -0.39 is 17.7 Å². The maximum atomic E-state index is 13.4. The number of carbonyl (C=O) groups excluding carboxylic acids is 2. The fourth-order valence-corrected chi connectivity index (χ4v) is 4.52. The van der Waals surface area contributed by atoms with Gasteiger partial charge >= 0.3 is 0 Å². The Kier molecular flexibility index (Phi) is 6.01.